The average Bonchev–Trinajstić information content (AvgIpc) is 2.73. The molecule has 17 heavy (non-hydrogen) atoms. The summed E-state index contributed by atoms with van der Waals surface area (Å²) in [6.45, 7) is 1.84. The number of rotatable bonds is 3. The normalized spacial score (nSPS) is 11.7. The third-order valence-corrected chi connectivity index (χ3v) is 5.02. The van der Waals surface area contributed by atoms with Gasteiger partial charge in [0.1, 0.15) is 0 Å². The third kappa shape index (κ3) is 2.48. The van der Waals surface area contributed by atoms with Crippen LogP contribution in [0.3, 0.4) is 0 Å². The lowest BCUT2D eigenvalue weighted by Gasteiger charge is -2.04. The van der Waals surface area contributed by atoms with Crippen LogP contribution in [0.5, 0.6) is 0 Å². The molecule has 0 atom stereocenters. The zero-order valence-corrected chi connectivity index (χ0v) is 12.1. The monoisotopic (exact) mass is 337 g/mol. The first-order valence-electron chi connectivity index (χ1n) is 4.40. The molecule has 0 aromatic carbocycles. The number of thiazole rings is 1. The van der Waals surface area contributed by atoms with Crippen LogP contribution >= 0.6 is 27.3 Å². The summed E-state index contributed by atoms with van der Waals surface area (Å²) in [5, 5.41) is 7.51. The van der Waals surface area contributed by atoms with Gasteiger partial charge in [-0.05, 0) is 22.9 Å². The van der Waals surface area contributed by atoms with E-state index in [1.165, 1.54) is 23.1 Å². The maximum Gasteiger partial charge on any atom is 0.283 e. The van der Waals surface area contributed by atoms with Crippen LogP contribution < -0.4 is 4.72 Å². The lowest BCUT2D eigenvalue weighted by molar-refractivity contribution is 0.578. The van der Waals surface area contributed by atoms with Gasteiger partial charge in [0, 0.05) is 18.1 Å². The van der Waals surface area contributed by atoms with Gasteiger partial charge in [0.25, 0.3) is 10.0 Å². The molecule has 92 valence electrons. The fourth-order valence-electron chi connectivity index (χ4n) is 1.17. The van der Waals surface area contributed by atoms with E-state index in [9.17, 15) is 8.42 Å². The molecular weight excluding hydrogens is 330 g/mol. The Morgan fingerprint density at radius 1 is 1.53 bits per heavy atom. The first kappa shape index (κ1) is 12.5. The van der Waals surface area contributed by atoms with Gasteiger partial charge in [0.05, 0.1) is 0 Å². The van der Waals surface area contributed by atoms with Gasteiger partial charge < -0.3 is 0 Å². The minimum Gasteiger partial charge on any atom is -0.253 e. The second kappa shape index (κ2) is 4.35. The minimum atomic E-state index is -3.73. The molecule has 0 aliphatic heterocycles. The van der Waals surface area contributed by atoms with E-state index < -0.39 is 10.0 Å². The van der Waals surface area contributed by atoms with E-state index in [0.29, 0.717) is 5.13 Å². The van der Waals surface area contributed by atoms with E-state index in [0.717, 1.165) is 4.88 Å². The molecule has 2 aromatic rings. The number of hydrogen-bond acceptors (Lipinski definition) is 6. The Morgan fingerprint density at radius 3 is 2.71 bits per heavy atom. The number of nitrogens with zero attached hydrogens (tertiary/aromatic N) is 4. The first-order valence-corrected chi connectivity index (χ1v) is 7.50. The van der Waals surface area contributed by atoms with E-state index in [1.54, 1.807) is 6.20 Å². The summed E-state index contributed by atoms with van der Waals surface area (Å²) in [6.07, 6.45) is 1.60. The molecule has 2 rings (SSSR count). The van der Waals surface area contributed by atoms with Crippen LogP contribution in [-0.4, -0.2) is 28.4 Å². The molecule has 10 heteroatoms. The molecule has 0 unspecified atom stereocenters. The molecule has 2 aromatic heterocycles. The quantitative estimate of drug-likeness (QED) is 0.907. The topological polar surface area (TPSA) is 89.8 Å². The highest BCUT2D eigenvalue weighted by Gasteiger charge is 2.24. The fourth-order valence-corrected chi connectivity index (χ4v) is 4.18. The Hall–Kier alpha value is -1.00. The SMILES string of the molecule is Cc1cnc(NS(=O)(=O)c2c(Br)nnn2C)s1. The maximum atomic E-state index is 12.0. The molecule has 0 aliphatic carbocycles. The second-order valence-electron chi connectivity index (χ2n) is 3.19. The number of anilines is 1. The number of nitrogens with one attached hydrogen (secondary N) is 1. The fraction of sp³-hybridized carbons (Fsp3) is 0.286. The summed E-state index contributed by atoms with van der Waals surface area (Å²) in [5.41, 5.74) is 0. The van der Waals surface area contributed by atoms with Crippen molar-refractivity contribution in [2.45, 2.75) is 11.9 Å². The van der Waals surface area contributed by atoms with E-state index in [1.807, 2.05) is 6.92 Å². The molecule has 0 saturated carbocycles. The van der Waals surface area contributed by atoms with Crippen LogP contribution in [0.2, 0.25) is 0 Å². The first-order chi connectivity index (χ1) is 7.90. The maximum absolute atomic E-state index is 12.0. The molecule has 7 nitrogen and oxygen atoms in total. The predicted molar refractivity (Wildman–Crippen MR) is 66.4 cm³/mol. The van der Waals surface area contributed by atoms with Crippen molar-refractivity contribution in [3.05, 3.63) is 15.7 Å². The Kier molecular flexibility index (Phi) is 3.19. The van der Waals surface area contributed by atoms with E-state index in [-0.39, 0.29) is 9.63 Å². The molecule has 2 heterocycles. The van der Waals surface area contributed by atoms with Gasteiger partial charge in [0.2, 0.25) is 5.03 Å². The van der Waals surface area contributed by atoms with Crippen LogP contribution in [0.1, 0.15) is 4.88 Å². The van der Waals surface area contributed by atoms with Crippen molar-refractivity contribution < 1.29 is 8.42 Å². The zero-order chi connectivity index (χ0) is 12.6. The molecule has 0 radical (unpaired) electrons. The average molecular weight is 338 g/mol. The van der Waals surface area contributed by atoms with E-state index >= 15 is 0 Å². The number of aryl methyl sites for hydroxylation is 2. The summed E-state index contributed by atoms with van der Waals surface area (Å²) in [7, 11) is -2.23. The summed E-state index contributed by atoms with van der Waals surface area (Å²) < 4.78 is 27.8. The van der Waals surface area contributed by atoms with Crippen molar-refractivity contribution in [1.82, 2.24) is 20.0 Å². The highest BCUT2D eigenvalue weighted by Crippen LogP contribution is 2.23. The predicted octanol–water partition coefficient (Wildman–Crippen LogP) is 1.14. The Balaban J connectivity index is 2.38. The third-order valence-electron chi connectivity index (χ3n) is 1.83. The van der Waals surface area contributed by atoms with Gasteiger partial charge in [0.15, 0.2) is 9.73 Å². The molecule has 1 N–H and O–H groups in total. The van der Waals surface area contributed by atoms with Crippen molar-refractivity contribution in [1.29, 1.82) is 0 Å². The Labute approximate surface area is 110 Å². The highest BCUT2D eigenvalue weighted by molar-refractivity contribution is 9.10. The lowest BCUT2D eigenvalue weighted by atomic mass is 10.7. The van der Waals surface area contributed by atoms with Gasteiger partial charge in [-0.2, -0.15) is 8.42 Å². The van der Waals surface area contributed by atoms with Gasteiger partial charge in [-0.3, -0.25) is 4.72 Å². The Morgan fingerprint density at radius 2 is 2.24 bits per heavy atom. The standard InChI is InChI=1S/C7H8BrN5O2S2/c1-4-3-9-7(16-4)11-17(14,15)6-5(8)10-12-13(6)2/h3H,1-2H3,(H,9,11). The van der Waals surface area contributed by atoms with Crippen molar-refractivity contribution in [2.75, 3.05) is 4.72 Å². The van der Waals surface area contributed by atoms with Crippen LogP contribution in [0.25, 0.3) is 0 Å². The lowest BCUT2D eigenvalue weighted by Crippen LogP contribution is -2.17. The number of halogens is 1. The molecule has 0 aliphatic rings. The zero-order valence-electron chi connectivity index (χ0n) is 8.88. The van der Waals surface area contributed by atoms with Crippen LogP contribution in [0, 0.1) is 6.92 Å². The molecule has 0 amide bonds. The summed E-state index contributed by atoms with van der Waals surface area (Å²) in [6, 6.07) is 0. The highest BCUT2D eigenvalue weighted by atomic mass is 79.9. The van der Waals surface area contributed by atoms with Crippen molar-refractivity contribution >= 4 is 42.4 Å². The molecule has 0 saturated heterocycles. The largest absolute Gasteiger partial charge is 0.283 e. The molecule has 0 spiro atoms. The summed E-state index contributed by atoms with van der Waals surface area (Å²) in [4.78, 5) is 4.85. The Bertz CT molecular complexity index is 628. The summed E-state index contributed by atoms with van der Waals surface area (Å²) >= 11 is 4.30. The molecular formula is C7H8BrN5O2S2. The number of aromatic nitrogens is 4. The van der Waals surface area contributed by atoms with Gasteiger partial charge in [-0.1, -0.05) is 5.21 Å². The van der Waals surface area contributed by atoms with Gasteiger partial charge in [-0.15, -0.1) is 16.4 Å². The van der Waals surface area contributed by atoms with Crippen LogP contribution in [-0.2, 0) is 17.1 Å². The number of sulfonamides is 1. The van der Waals surface area contributed by atoms with E-state index in [4.69, 9.17) is 0 Å². The van der Waals surface area contributed by atoms with Crippen molar-refractivity contribution in [3.63, 3.8) is 0 Å². The summed E-state index contributed by atoms with van der Waals surface area (Å²) in [5.74, 6) is 0. The van der Waals surface area contributed by atoms with Gasteiger partial charge >= 0.3 is 0 Å². The van der Waals surface area contributed by atoms with Crippen LogP contribution in [0.15, 0.2) is 15.8 Å². The van der Waals surface area contributed by atoms with Gasteiger partial charge in [-0.25, -0.2) is 9.67 Å². The number of hydrogen-bond donors (Lipinski definition) is 1. The molecule has 0 fully saturated rings. The van der Waals surface area contributed by atoms with Crippen LogP contribution in [0.4, 0.5) is 5.13 Å². The molecule has 0 bridgehead atoms. The smallest absolute Gasteiger partial charge is 0.253 e. The van der Waals surface area contributed by atoms with Crippen molar-refractivity contribution in [3.8, 4) is 0 Å². The minimum absolute atomic E-state index is 0.0367. The van der Waals surface area contributed by atoms with E-state index in [2.05, 4.69) is 35.9 Å². The second-order valence-corrected chi connectivity index (χ2v) is 6.77. The van der Waals surface area contributed by atoms with Crippen molar-refractivity contribution in [2.24, 2.45) is 7.05 Å².